The smallest absolute Gasteiger partial charge is 0.429 e. The number of nitrogens with zero attached hydrogens (tertiary/aromatic N) is 2. The number of aliphatic imine (C=N–C) groups is 1. The van der Waals surface area contributed by atoms with Crippen molar-refractivity contribution in [1.29, 1.82) is 0 Å². The molecule has 216 valence electrons. The predicted octanol–water partition coefficient (Wildman–Crippen LogP) is 5.51. The number of hydrazine groups is 1. The summed E-state index contributed by atoms with van der Waals surface area (Å²) in [6.45, 7) is 4.26. The maximum absolute atomic E-state index is 13.7. The third-order valence-electron chi connectivity index (χ3n) is 6.17. The van der Waals surface area contributed by atoms with Gasteiger partial charge in [0.2, 0.25) is 6.41 Å². The van der Waals surface area contributed by atoms with Gasteiger partial charge in [0.25, 0.3) is 0 Å². The molecule has 0 aliphatic carbocycles. The topological polar surface area (TPSA) is 120 Å². The van der Waals surface area contributed by atoms with E-state index in [4.69, 9.17) is 4.74 Å². The number of hydrogen-bond donors (Lipinski definition) is 3. The Morgan fingerprint density at radius 3 is 2.45 bits per heavy atom. The number of amidine groups is 1. The van der Waals surface area contributed by atoms with E-state index in [1.54, 1.807) is 44.2 Å². The second-order valence-electron chi connectivity index (χ2n) is 9.90. The molecule has 0 spiro atoms. The summed E-state index contributed by atoms with van der Waals surface area (Å²) in [5.41, 5.74) is 2.81. The van der Waals surface area contributed by atoms with Gasteiger partial charge >= 0.3 is 18.2 Å². The Bertz CT molecular complexity index is 1220. The monoisotopic (exact) mass is 562 g/mol. The average molecular weight is 563 g/mol. The number of carbonyl (C=O) groups is 3. The van der Waals surface area contributed by atoms with Crippen molar-refractivity contribution < 1.29 is 37.4 Å². The molecule has 1 aliphatic rings. The van der Waals surface area contributed by atoms with E-state index in [-0.39, 0.29) is 31.0 Å². The highest BCUT2D eigenvalue weighted by Crippen LogP contribution is 2.35. The van der Waals surface area contributed by atoms with E-state index in [1.807, 2.05) is 0 Å². The minimum Gasteiger partial charge on any atom is -0.480 e. The van der Waals surface area contributed by atoms with Crippen LogP contribution in [0.5, 0.6) is 0 Å². The van der Waals surface area contributed by atoms with Gasteiger partial charge in [0, 0.05) is 25.1 Å². The number of carbonyl (C=O) groups excluding carboxylic acids is 2. The van der Waals surface area contributed by atoms with Crippen molar-refractivity contribution in [2.45, 2.75) is 58.2 Å². The highest BCUT2D eigenvalue weighted by atomic mass is 19.4. The van der Waals surface area contributed by atoms with Crippen molar-refractivity contribution in [3.8, 4) is 11.1 Å². The van der Waals surface area contributed by atoms with Crippen LogP contribution in [0.4, 0.5) is 23.7 Å². The minimum absolute atomic E-state index is 0.00965. The largest absolute Gasteiger partial charge is 0.480 e. The minimum atomic E-state index is -4.56. The molecule has 0 fully saturated rings. The Hall–Kier alpha value is -4.09. The summed E-state index contributed by atoms with van der Waals surface area (Å²) < 4.78 is 46.2. The number of alkyl halides is 3. The zero-order valence-corrected chi connectivity index (χ0v) is 22.3. The summed E-state index contributed by atoms with van der Waals surface area (Å²) in [5, 5.41) is 13.4. The van der Waals surface area contributed by atoms with Crippen LogP contribution in [0.25, 0.3) is 11.1 Å². The molecule has 1 atom stereocenters. The number of hydrogen-bond acceptors (Lipinski definition) is 6. The lowest BCUT2D eigenvalue weighted by atomic mass is 9.98. The first kappa shape index (κ1) is 30.5. The van der Waals surface area contributed by atoms with E-state index >= 15 is 0 Å². The number of carboxylic acid groups (broad SMARTS) is 1. The summed E-state index contributed by atoms with van der Waals surface area (Å²) >= 11 is 0. The number of nitrogens with one attached hydrogen (secondary N) is 2. The van der Waals surface area contributed by atoms with E-state index in [9.17, 15) is 32.7 Å². The highest BCUT2D eigenvalue weighted by molar-refractivity contribution is 5.96. The molecule has 12 heteroatoms. The molecule has 2 amide bonds. The number of rotatable bonds is 10. The molecule has 1 heterocycles. The number of halogens is 3. The molecule has 3 N–H and O–H groups in total. The second-order valence-corrected chi connectivity index (χ2v) is 9.90. The maximum Gasteiger partial charge on any atom is 0.429 e. The number of benzene rings is 2. The third-order valence-corrected chi connectivity index (χ3v) is 6.17. The summed E-state index contributed by atoms with van der Waals surface area (Å²) in [6.07, 6.45) is -2.08. The number of amides is 2. The summed E-state index contributed by atoms with van der Waals surface area (Å²) in [7, 11) is 0. The van der Waals surface area contributed by atoms with Crippen LogP contribution in [0.3, 0.4) is 0 Å². The Kier molecular flexibility index (Phi) is 10.5. The van der Waals surface area contributed by atoms with E-state index in [1.165, 1.54) is 0 Å². The lowest BCUT2D eigenvalue weighted by Crippen LogP contribution is -2.53. The molecule has 1 aliphatic heterocycles. The summed E-state index contributed by atoms with van der Waals surface area (Å²) in [4.78, 5) is 39.9. The van der Waals surface area contributed by atoms with Gasteiger partial charge in [-0.3, -0.25) is 15.2 Å². The van der Waals surface area contributed by atoms with Gasteiger partial charge in [-0.1, -0.05) is 44.5 Å². The Morgan fingerprint density at radius 2 is 1.82 bits per heavy atom. The fourth-order valence-electron chi connectivity index (χ4n) is 4.15. The van der Waals surface area contributed by atoms with Crippen LogP contribution in [-0.2, 0) is 26.9 Å². The Labute approximate surface area is 230 Å². The van der Waals surface area contributed by atoms with Crippen LogP contribution < -0.4 is 10.7 Å². The molecule has 0 saturated heterocycles. The quantitative estimate of drug-likeness (QED) is 0.260. The first-order valence-corrected chi connectivity index (χ1v) is 13.0. The van der Waals surface area contributed by atoms with Crippen molar-refractivity contribution in [3.05, 3.63) is 53.6 Å². The van der Waals surface area contributed by atoms with Gasteiger partial charge in [0.1, 0.15) is 5.84 Å². The molecule has 9 nitrogen and oxygen atoms in total. The maximum atomic E-state index is 13.7. The van der Waals surface area contributed by atoms with E-state index in [0.717, 1.165) is 31.4 Å². The van der Waals surface area contributed by atoms with Crippen molar-refractivity contribution in [1.82, 2.24) is 10.4 Å². The van der Waals surface area contributed by atoms with E-state index < -0.39 is 29.8 Å². The second kappa shape index (κ2) is 13.8. The Morgan fingerprint density at radius 1 is 1.10 bits per heavy atom. The molecule has 0 aromatic heterocycles. The van der Waals surface area contributed by atoms with Crippen molar-refractivity contribution in [2.24, 2.45) is 10.9 Å². The van der Waals surface area contributed by atoms with Crippen LogP contribution >= 0.6 is 0 Å². The van der Waals surface area contributed by atoms with Crippen LogP contribution in [0.15, 0.2) is 47.5 Å². The summed E-state index contributed by atoms with van der Waals surface area (Å²) in [5.74, 6) is -0.738. The Balaban J connectivity index is 1.85. The van der Waals surface area contributed by atoms with Crippen LogP contribution in [0.1, 0.15) is 50.7 Å². The van der Waals surface area contributed by atoms with Gasteiger partial charge in [0.05, 0.1) is 12.2 Å². The molecular formula is C28H33F3N4O5. The lowest BCUT2D eigenvalue weighted by molar-refractivity contribution is -0.144. The lowest BCUT2D eigenvalue weighted by Gasteiger charge is -2.27. The van der Waals surface area contributed by atoms with E-state index in [0.29, 0.717) is 40.5 Å². The molecule has 2 aromatic carbocycles. The van der Waals surface area contributed by atoms with Gasteiger partial charge in [-0.15, -0.1) is 0 Å². The van der Waals surface area contributed by atoms with Crippen molar-refractivity contribution in [2.75, 3.05) is 18.5 Å². The predicted molar refractivity (Wildman–Crippen MR) is 144 cm³/mol. The number of ether oxygens (including phenoxy) is 1. The van der Waals surface area contributed by atoms with Gasteiger partial charge in [0.15, 0.2) is 6.04 Å². The molecule has 40 heavy (non-hydrogen) atoms. The molecule has 0 unspecified atom stereocenters. The molecule has 0 radical (unpaired) electrons. The van der Waals surface area contributed by atoms with Crippen LogP contribution in [-0.4, -0.2) is 53.6 Å². The van der Waals surface area contributed by atoms with E-state index in [2.05, 4.69) is 15.7 Å². The number of aliphatic carboxylic acids is 1. The molecule has 3 rings (SSSR count). The highest BCUT2D eigenvalue weighted by Gasteiger charge is 2.33. The van der Waals surface area contributed by atoms with Crippen molar-refractivity contribution >= 4 is 30.0 Å². The van der Waals surface area contributed by atoms with Crippen LogP contribution in [0, 0.1) is 5.92 Å². The normalized spacial score (nSPS) is 14.5. The zero-order valence-electron chi connectivity index (χ0n) is 22.3. The molecule has 2 aromatic rings. The summed E-state index contributed by atoms with van der Waals surface area (Å²) in [6, 6.07) is 8.50. The zero-order chi connectivity index (χ0) is 29.3. The number of anilines is 1. The van der Waals surface area contributed by atoms with Gasteiger partial charge in [-0.25, -0.2) is 14.6 Å². The number of carboxylic acids is 1. The third kappa shape index (κ3) is 8.72. The average Bonchev–Trinajstić information content (AvgIpc) is 3.17. The fraction of sp³-hybridized carbons (Fsp3) is 0.429. The van der Waals surface area contributed by atoms with Gasteiger partial charge < -0.3 is 15.2 Å². The SMILES string of the molecule is CC(C)COC(=O)N(NC=O)[C@@H](Cc1ccc(-c2cc(NC3=NCCCCC3)cc(C(F)(F)F)c2)cc1)C(=O)O. The fourth-order valence-corrected chi connectivity index (χ4v) is 4.15. The van der Waals surface area contributed by atoms with Gasteiger partial charge in [-0.2, -0.15) is 13.2 Å². The molecule has 0 saturated carbocycles. The van der Waals surface area contributed by atoms with Crippen LogP contribution in [0.2, 0.25) is 0 Å². The standard InChI is InChI=1S/C28H33F3N4O5/c1-18(2)16-40-27(39)35(33-17-36)24(26(37)38)12-19-7-9-20(10-8-19)21-13-22(28(29,30)31)15-23(14-21)34-25-6-4-3-5-11-32-25/h7-10,13-15,17-18,24H,3-6,11-12,16H2,1-2H3,(H,32,34)(H,33,36)(H,37,38)/t24-/m0/s1. The van der Waals surface area contributed by atoms with Gasteiger partial charge in [-0.05, 0) is 53.6 Å². The molecular weight excluding hydrogens is 529 g/mol. The first-order chi connectivity index (χ1) is 19.0. The molecule has 0 bridgehead atoms. The van der Waals surface area contributed by atoms with Crippen molar-refractivity contribution in [3.63, 3.8) is 0 Å². The first-order valence-electron chi connectivity index (χ1n) is 13.0.